The van der Waals surface area contributed by atoms with Gasteiger partial charge in [0.05, 0.1) is 19.1 Å². The fraction of sp³-hybridized carbons (Fsp3) is 0.444. The molecule has 6 nitrogen and oxygen atoms in total. The molecule has 0 saturated carbocycles. The maximum Gasteiger partial charge on any atom is 0.410 e. The number of esters is 1. The zero-order valence-corrected chi connectivity index (χ0v) is 13.6. The van der Waals surface area contributed by atoms with Crippen LogP contribution in [0.2, 0.25) is 0 Å². The Labute approximate surface area is 141 Å². The number of methoxy groups -OCH3 is 1. The predicted molar refractivity (Wildman–Crippen MR) is 86.5 cm³/mol. The molecule has 1 fully saturated rings. The Morgan fingerprint density at radius 2 is 1.96 bits per heavy atom. The van der Waals surface area contributed by atoms with Crippen molar-refractivity contribution in [2.75, 3.05) is 26.9 Å². The second-order valence-corrected chi connectivity index (χ2v) is 5.93. The summed E-state index contributed by atoms with van der Waals surface area (Å²) in [6.45, 7) is 1.07. The van der Waals surface area contributed by atoms with Gasteiger partial charge in [-0.3, -0.25) is 4.79 Å². The number of piperidine rings is 1. The van der Waals surface area contributed by atoms with E-state index in [-0.39, 0.29) is 30.5 Å². The normalized spacial score (nSPS) is 24.5. The number of rotatable bonds is 5. The van der Waals surface area contributed by atoms with Gasteiger partial charge in [0.1, 0.15) is 19.0 Å². The third-order valence-electron chi connectivity index (χ3n) is 4.39. The number of carbonyl (C=O) groups is 2. The molecule has 128 valence electrons. The van der Waals surface area contributed by atoms with Gasteiger partial charge in [0.15, 0.2) is 0 Å². The average molecular weight is 331 g/mol. The third-order valence-corrected chi connectivity index (χ3v) is 4.39. The van der Waals surface area contributed by atoms with E-state index in [4.69, 9.17) is 14.2 Å². The molecule has 3 atom stereocenters. The topological polar surface area (TPSA) is 65.1 Å². The molecule has 0 radical (unpaired) electrons. The summed E-state index contributed by atoms with van der Waals surface area (Å²) in [5, 5.41) is 0. The van der Waals surface area contributed by atoms with Gasteiger partial charge in [-0.1, -0.05) is 30.4 Å². The van der Waals surface area contributed by atoms with Crippen LogP contribution in [0.1, 0.15) is 6.42 Å². The van der Waals surface area contributed by atoms with Crippen LogP contribution in [0.25, 0.3) is 0 Å². The molecule has 1 saturated heterocycles. The van der Waals surface area contributed by atoms with E-state index in [0.29, 0.717) is 19.6 Å². The summed E-state index contributed by atoms with van der Waals surface area (Å²) in [7, 11) is 1.35. The highest BCUT2D eigenvalue weighted by atomic mass is 16.6. The number of nitrogens with zero attached hydrogens (tertiary/aromatic N) is 1. The Hall–Kier alpha value is -2.50. The van der Waals surface area contributed by atoms with E-state index in [9.17, 15) is 9.59 Å². The van der Waals surface area contributed by atoms with E-state index >= 15 is 0 Å². The molecule has 4 rings (SSSR count). The Morgan fingerprint density at radius 1 is 1.17 bits per heavy atom. The van der Waals surface area contributed by atoms with E-state index in [2.05, 4.69) is 6.08 Å². The number of fused-ring (bicyclic) bond motifs is 2. The molecule has 1 aromatic rings. The van der Waals surface area contributed by atoms with Crippen molar-refractivity contribution in [3.05, 3.63) is 42.5 Å². The summed E-state index contributed by atoms with van der Waals surface area (Å²) in [5.74, 6) is 0.279. The highest BCUT2D eigenvalue weighted by Gasteiger charge is 2.44. The molecule has 3 aliphatic rings. The number of ether oxygens (including phenoxy) is 3. The van der Waals surface area contributed by atoms with Crippen molar-refractivity contribution in [3.63, 3.8) is 0 Å². The van der Waals surface area contributed by atoms with E-state index in [1.165, 1.54) is 7.11 Å². The lowest BCUT2D eigenvalue weighted by Gasteiger charge is -2.44. The van der Waals surface area contributed by atoms with Gasteiger partial charge in [0.2, 0.25) is 0 Å². The lowest BCUT2D eigenvalue weighted by molar-refractivity contribution is -0.153. The van der Waals surface area contributed by atoms with E-state index in [1.54, 1.807) is 4.90 Å². The van der Waals surface area contributed by atoms with Crippen molar-refractivity contribution in [1.82, 2.24) is 4.90 Å². The van der Waals surface area contributed by atoms with Gasteiger partial charge < -0.3 is 19.1 Å². The number of carbonyl (C=O) groups excluding carboxylic acids is 2. The van der Waals surface area contributed by atoms with E-state index < -0.39 is 6.09 Å². The molecule has 1 aromatic carbocycles. The summed E-state index contributed by atoms with van der Waals surface area (Å²) >= 11 is 0. The lowest BCUT2D eigenvalue weighted by Crippen LogP contribution is -2.55. The zero-order chi connectivity index (χ0) is 16.9. The maximum absolute atomic E-state index is 12.4. The Bertz CT molecular complexity index is 615. The smallest absolute Gasteiger partial charge is 0.410 e. The molecule has 2 bridgehead atoms. The van der Waals surface area contributed by atoms with Crippen molar-refractivity contribution in [3.8, 4) is 5.75 Å². The van der Waals surface area contributed by atoms with Gasteiger partial charge in [-0.15, -0.1) is 0 Å². The number of para-hydroxylation sites is 1. The van der Waals surface area contributed by atoms with Gasteiger partial charge >= 0.3 is 12.1 Å². The predicted octanol–water partition coefficient (Wildman–Crippen LogP) is 2.25. The second-order valence-electron chi connectivity index (χ2n) is 5.93. The minimum Gasteiger partial charge on any atom is -0.490 e. The van der Waals surface area contributed by atoms with Crippen LogP contribution >= 0.6 is 0 Å². The first-order valence-electron chi connectivity index (χ1n) is 8.06. The first kappa shape index (κ1) is 16.4. The van der Waals surface area contributed by atoms with Crippen LogP contribution in [-0.2, 0) is 14.3 Å². The molecular weight excluding hydrogens is 310 g/mol. The van der Waals surface area contributed by atoms with Crippen molar-refractivity contribution in [2.45, 2.75) is 12.5 Å². The van der Waals surface area contributed by atoms with Gasteiger partial charge in [-0.05, 0) is 24.5 Å². The van der Waals surface area contributed by atoms with E-state index in [0.717, 1.165) is 5.75 Å². The summed E-state index contributed by atoms with van der Waals surface area (Å²) in [5.41, 5.74) is 0. The van der Waals surface area contributed by atoms with Crippen molar-refractivity contribution in [2.24, 2.45) is 11.8 Å². The first-order valence-corrected chi connectivity index (χ1v) is 8.06. The fourth-order valence-corrected chi connectivity index (χ4v) is 3.25. The summed E-state index contributed by atoms with van der Waals surface area (Å²) < 4.78 is 15.6. The molecule has 0 N–H and O–H groups in total. The molecular formula is C18H21NO5. The van der Waals surface area contributed by atoms with Gasteiger partial charge in [0.25, 0.3) is 0 Å². The van der Waals surface area contributed by atoms with Crippen LogP contribution in [0.15, 0.2) is 42.5 Å². The van der Waals surface area contributed by atoms with Crippen molar-refractivity contribution in [1.29, 1.82) is 0 Å². The van der Waals surface area contributed by atoms with E-state index in [1.807, 2.05) is 36.4 Å². The molecule has 1 aliphatic carbocycles. The second kappa shape index (κ2) is 7.38. The first-order chi connectivity index (χ1) is 11.7. The SMILES string of the molecule is COC(=O)N1C[C@H]2C=C[C@@H]1[C@@H](C(=O)OCCOc1ccccc1)C2. The zero-order valence-electron chi connectivity index (χ0n) is 13.6. The van der Waals surface area contributed by atoms with Crippen LogP contribution in [0.3, 0.4) is 0 Å². The summed E-state index contributed by atoms with van der Waals surface area (Å²) in [4.78, 5) is 25.8. The summed E-state index contributed by atoms with van der Waals surface area (Å²) in [6, 6.07) is 9.08. The highest BCUT2D eigenvalue weighted by molar-refractivity contribution is 5.77. The number of benzene rings is 1. The maximum atomic E-state index is 12.4. The lowest BCUT2D eigenvalue weighted by atomic mass is 9.78. The number of amides is 1. The molecule has 0 spiro atoms. The summed E-state index contributed by atoms with van der Waals surface area (Å²) in [6.07, 6.45) is 4.26. The van der Waals surface area contributed by atoms with Crippen molar-refractivity contribution >= 4 is 12.1 Å². The standard InChI is InChI=1S/C18H21NO5/c1-22-18(21)19-12-13-7-8-16(19)15(11-13)17(20)24-10-9-23-14-5-3-2-4-6-14/h2-8,13,15-16H,9-12H2,1H3/t13-,15-,16+/m0/s1. The number of hydrogen-bond donors (Lipinski definition) is 0. The molecule has 1 amide bonds. The van der Waals surface area contributed by atoms with Gasteiger partial charge in [-0.25, -0.2) is 4.79 Å². The van der Waals surface area contributed by atoms with Crippen LogP contribution in [0.5, 0.6) is 5.75 Å². The quantitative estimate of drug-likeness (QED) is 0.470. The molecule has 24 heavy (non-hydrogen) atoms. The Balaban J connectivity index is 1.50. The highest BCUT2D eigenvalue weighted by Crippen LogP contribution is 2.35. The monoisotopic (exact) mass is 331 g/mol. The van der Waals surface area contributed by atoms with Crippen LogP contribution in [-0.4, -0.2) is 49.9 Å². The Morgan fingerprint density at radius 3 is 2.67 bits per heavy atom. The Kier molecular flexibility index (Phi) is 5.03. The van der Waals surface area contributed by atoms with Gasteiger partial charge in [-0.2, -0.15) is 0 Å². The largest absolute Gasteiger partial charge is 0.490 e. The molecule has 0 unspecified atom stereocenters. The molecule has 0 aromatic heterocycles. The van der Waals surface area contributed by atoms with Crippen LogP contribution in [0.4, 0.5) is 4.79 Å². The average Bonchev–Trinajstić information content (AvgIpc) is 2.65. The van der Waals surface area contributed by atoms with Crippen molar-refractivity contribution < 1.29 is 23.8 Å². The minimum absolute atomic E-state index is 0.173. The number of hydrogen-bond acceptors (Lipinski definition) is 5. The molecule has 6 heteroatoms. The third kappa shape index (κ3) is 3.53. The van der Waals surface area contributed by atoms with Crippen LogP contribution < -0.4 is 4.74 Å². The fourth-order valence-electron chi connectivity index (χ4n) is 3.25. The van der Waals surface area contributed by atoms with Crippen LogP contribution in [0, 0.1) is 11.8 Å². The van der Waals surface area contributed by atoms with Gasteiger partial charge in [0, 0.05) is 6.54 Å². The molecule has 2 heterocycles. The molecule has 2 aliphatic heterocycles. The minimum atomic E-state index is -0.403.